The highest BCUT2D eigenvalue weighted by molar-refractivity contribution is 5.98. The molecule has 1 amide bonds. The van der Waals surface area contributed by atoms with Crippen LogP contribution in [-0.2, 0) is 14.3 Å². The second-order valence-corrected chi connectivity index (χ2v) is 4.56. The quantitative estimate of drug-likeness (QED) is 0.526. The van der Waals surface area contributed by atoms with Crippen molar-refractivity contribution in [3.05, 3.63) is 0 Å². The van der Waals surface area contributed by atoms with Crippen LogP contribution in [0.2, 0.25) is 0 Å². The molecule has 0 aromatic rings. The third kappa shape index (κ3) is 2.06. The van der Waals surface area contributed by atoms with Crippen LogP contribution in [0.15, 0.2) is 0 Å². The van der Waals surface area contributed by atoms with Gasteiger partial charge in [0.25, 0.3) is 0 Å². The number of fused-ring (bicyclic) bond motifs is 1. The summed E-state index contributed by atoms with van der Waals surface area (Å²) in [6.07, 6.45) is 4.99. The Morgan fingerprint density at radius 1 is 1.38 bits per heavy atom. The number of carbonyl (C=O) groups excluding carboxylic acids is 2. The number of ether oxygens (including phenoxy) is 1. The van der Waals surface area contributed by atoms with Crippen LogP contribution in [0.4, 0.5) is 0 Å². The third-order valence-electron chi connectivity index (χ3n) is 3.57. The van der Waals surface area contributed by atoms with Gasteiger partial charge in [0.15, 0.2) is 0 Å². The van der Waals surface area contributed by atoms with E-state index in [9.17, 15) is 9.59 Å². The van der Waals surface area contributed by atoms with Gasteiger partial charge < -0.3 is 9.64 Å². The van der Waals surface area contributed by atoms with Crippen LogP contribution >= 0.6 is 0 Å². The second kappa shape index (κ2) is 4.85. The molecule has 0 N–H and O–H groups in total. The molecule has 90 valence electrons. The molecule has 0 aliphatic carbocycles. The predicted molar refractivity (Wildman–Crippen MR) is 58.7 cm³/mol. The Morgan fingerprint density at radius 2 is 2.19 bits per heavy atom. The molecule has 2 atom stereocenters. The molecule has 0 aromatic carbocycles. The maximum atomic E-state index is 12.1. The Kier molecular flexibility index (Phi) is 3.46. The van der Waals surface area contributed by atoms with Gasteiger partial charge in [0.2, 0.25) is 5.91 Å². The summed E-state index contributed by atoms with van der Waals surface area (Å²) in [6, 6.07) is 0.381. The average molecular weight is 225 g/mol. The van der Waals surface area contributed by atoms with Crippen molar-refractivity contribution in [1.82, 2.24) is 4.90 Å². The molecule has 2 aliphatic heterocycles. The number of nitrogens with zero attached hydrogens (tertiary/aromatic N) is 1. The number of hydrogen-bond donors (Lipinski definition) is 0. The molecule has 0 saturated carbocycles. The standard InChI is InChI=1S/C12H19NO3/c1-2-16-12(15)10-7-6-9-5-3-4-8-13(9)11(10)14/h9-10H,2-8H2,1H3. The Bertz CT molecular complexity index is 290. The van der Waals surface area contributed by atoms with Crippen LogP contribution in [0.1, 0.15) is 39.0 Å². The molecule has 2 fully saturated rings. The van der Waals surface area contributed by atoms with Gasteiger partial charge in [-0.05, 0) is 39.0 Å². The summed E-state index contributed by atoms with van der Waals surface area (Å²) in [5, 5.41) is 0. The molecule has 4 heteroatoms. The Morgan fingerprint density at radius 3 is 2.94 bits per heavy atom. The number of piperidine rings is 2. The molecule has 2 aliphatic rings. The lowest BCUT2D eigenvalue weighted by atomic mass is 9.87. The Labute approximate surface area is 95.9 Å². The highest BCUT2D eigenvalue weighted by Gasteiger charge is 2.40. The fourth-order valence-corrected chi connectivity index (χ4v) is 2.74. The summed E-state index contributed by atoms with van der Waals surface area (Å²) in [5.74, 6) is -0.875. The molecule has 2 rings (SSSR count). The van der Waals surface area contributed by atoms with Crippen molar-refractivity contribution in [2.24, 2.45) is 5.92 Å². The largest absolute Gasteiger partial charge is 0.465 e. The summed E-state index contributed by atoms with van der Waals surface area (Å²) < 4.78 is 4.95. The van der Waals surface area contributed by atoms with Gasteiger partial charge in [-0.3, -0.25) is 9.59 Å². The molecule has 0 aromatic heterocycles. The maximum absolute atomic E-state index is 12.1. The second-order valence-electron chi connectivity index (χ2n) is 4.56. The van der Waals surface area contributed by atoms with E-state index < -0.39 is 5.92 Å². The number of amides is 1. The molecule has 0 spiro atoms. The van der Waals surface area contributed by atoms with Crippen LogP contribution in [0.25, 0.3) is 0 Å². The van der Waals surface area contributed by atoms with Crippen molar-refractivity contribution in [3.8, 4) is 0 Å². The SMILES string of the molecule is CCOC(=O)C1CCC2CCCCN2C1=O. The van der Waals surface area contributed by atoms with Gasteiger partial charge in [-0.2, -0.15) is 0 Å². The zero-order valence-electron chi connectivity index (χ0n) is 9.78. The van der Waals surface area contributed by atoms with E-state index >= 15 is 0 Å². The highest BCUT2D eigenvalue weighted by Crippen LogP contribution is 2.30. The van der Waals surface area contributed by atoms with Gasteiger partial charge in [0.1, 0.15) is 5.92 Å². The first-order valence-corrected chi connectivity index (χ1v) is 6.21. The van der Waals surface area contributed by atoms with Gasteiger partial charge in [-0.15, -0.1) is 0 Å². The third-order valence-corrected chi connectivity index (χ3v) is 3.57. The fourth-order valence-electron chi connectivity index (χ4n) is 2.74. The van der Waals surface area contributed by atoms with Crippen LogP contribution in [0.5, 0.6) is 0 Å². The lowest BCUT2D eigenvalue weighted by molar-refractivity contribution is -0.160. The molecule has 2 unspecified atom stereocenters. The average Bonchev–Trinajstić information content (AvgIpc) is 2.30. The van der Waals surface area contributed by atoms with E-state index in [0.29, 0.717) is 19.1 Å². The summed E-state index contributed by atoms with van der Waals surface area (Å²) in [5.41, 5.74) is 0. The van der Waals surface area contributed by atoms with Crippen LogP contribution in [-0.4, -0.2) is 36.0 Å². The van der Waals surface area contributed by atoms with Gasteiger partial charge in [-0.25, -0.2) is 0 Å². The number of carbonyl (C=O) groups is 2. The first-order valence-electron chi connectivity index (χ1n) is 6.21. The summed E-state index contributed by atoms with van der Waals surface area (Å²) >= 11 is 0. The normalized spacial score (nSPS) is 29.8. The van der Waals surface area contributed by atoms with Crippen molar-refractivity contribution >= 4 is 11.9 Å². The van der Waals surface area contributed by atoms with Gasteiger partial charge in [0, 0.05) is 12.6 Å². The topological polar surface area (TPSA) is 46.6 Å². The van der Waals surface area contributed by atoms with Crippen molar-refractivity contribution in [1.29, 1.82) is 0 Å². The van der Waals surface area contributed by atoms with Crippen molar-refractivity contribution in [2.45, 2.75) is 45.1 Å². The summed E-state index contributed by atoms with van der Waals surface area (Å²) in [6.45, 7) is 2.94. The highest BCUT2D eigenvalue weighted by atomic mass is 16.5. The van der Waals surface area contributed by atoms with E-state index in [0.717, 1.165) is 25.8 Å². The first-order chi connectivity index (χ1) is 7.74. The van der Waals surface area contributed by atoms with Gasteiger partial charge >= 0.3 is 5.97 Å². The zero-order valence-corrected chi connectivity index (χ0v) is 9.78. The van der Waals surface area contributed by atoms with E-state index in [4.69, 9.17) is 4.74 Å². The van der Waals surface area contributed by atoms with Crippen molar-refractivity contribution in [3.63, 3.8) is 0 Å². The van der Waals surface area contributed by atoms with Gasteiger partial charge in [0.05, 0.1) is 6.61 Å². The minimum absolute atomic E-state index is 0.00519. The fraction of sp³-hybridized carbons (Fsp3) is 0.833. The van der Waals surface area contributed by atoms with Crippen molar-refractivity contribution in [2.75, 3.05) is 13.2 Å². The van der Waals surface area contributed by atoms with E-state index in [1.807, 2.05) is 4.90 Å². The maximum Gasteiger partial charge on any atom is 0.318 e. The number of hydrogen-bond acceptors (Lipinski definition) is 3. The van der Waals surface area contributed by atoms with Crippen LogP contribution in [0.3, 0.4) is 0 Å². The molecule has 2 saturated heterocycles. The lowest BCUT2D eigenvalue weighted by Crippen LogP contribution is -2.52. The Hall–Kier alpha value is -1.06. The molecular weight excluding hydrogens is 206 g/mol. The lowest BCUT2D eigenvalue weighted by Gasteiger charge is -2.41. The van der Waals surface area contributed by atoms with Crippen LogP contribution < -0.4 is 0 Å². The van der Waals surface area contributed by atoms with Crippen LogP contribution in [0, 0.1) is 5.92 Å². The Balaban J connectivity index is 2.02. The molecule has 16 heavy (non-hydrogen) atoms. The van der Waals surface area contributed by atoms with E-state index in [-0.39, 0.29) is 11.9 Å². The number of rotatable bonds is 2. The number of esters is 1. The summed E-state index contributed by atoms with van der Waals surface area (Å²) in [7, 11) is 0. The zero-order chi connectivity index (χ0) is 11.5. The minimum atomic E-state index is -0.533. The van der Waals surface area contributed by atoms with Crippen molar-refractivity contribution < 1.29 is 14.3 Å². The molecule has 4 nitrogen and oxygen atoms in total. The van der Waals surface area contributed by atoms with E-state index in [1.165, 1.54) is 6.42 Å². The molecule has 2 heterocycles. The predicted octanol–water partition coefficient (Wildman–Crippen LogP) is 1.34. The van der Waals surface area contributed by atoms with Gasteiger partial charge in [-0.1, -0.05) is 0 Å². The minimum Gasteiger partial charge on any atom is -0.465 e. The first kappa shape index (κ1) is 11.4. The smallest absolute Gasteiger partial charge is 0.318 e. The van der Waals surface area contributed by atoms with E-state index in [2.05, 4.69) is 0 Å². The summed E-state index contributed by atoms with van der Waals surface area (Å²) in [4.78, 5) is 25.6. The molecule has 0 radical (unpaired) electrons. The molecule has 0 bridgehead atoms. The molecular formula is C12H19NO3. The monoisotopic (exact) mass is 225 g/mol. The van der Waals surface area contributed by atoms with E-state index in [1.54, 1.807) is 6.92 Å².